The number of halogens is 2. The van der Waals surface area contributed by atoms with Crippen LogP contribution in [0.1, 0.15) is 31.0 Å². The van der Waals surface area contributed by atoms with E-state index < -0.39 is 0 Å². The molecule has 1 aromatic heterocycles. The summed E-state index contributed by atoms with van der Waals surface area (Å²) in [5, 5.41) is 7.99. The summed E-state index contributed by atoms with van der Waals surface area (Å²) in [7, 11) is 0. The van der Waals surface area contributed by atoms with Gasteiger partial charge >= 0.3 is 0 Å². The molecule has 0 bridgehead atoms. The van der Waals surface area contributed by atoms with Crippen molar-refractivity contribution in [3.8, 4) is 5.69 Å². The van der Waals surface area contributed by atoms with Crippen molar-refractivity contribution in [2.45, 2.75) is 26.7 Å². The van der Waals surface area contributed by atoms with E-state index in [2.05, 4.69) is 10.3 Å². The molecule has 0 aliphatic heterocycles. The van der Waals surface area contributed by atoms with Gasteiger partial charge < -0.3 is 0 Å². The van der Waals surface area contributed by atoms with Crippen molar-refractivity contribution in [1.29, 1.82) is 0 Å². The predicted molar refractivity (Wildman–Crippen MR) is 65.2 cm³/mol. The maximum absolute atomic E-state index is 14.0. The molecule has 1 aromatic carbocycles. The molecular weight excluding hydrogens is 241 g/mol. The Hall–Kier alpha value is -1.42. The zero-order valence-corrected chi connectivity index (χ0v) is 10.7. The molecule has 0 atom stereocenters. The Balaban J connectivity index is 2.65. The van der Waals surface area contributed by atoms with E-state index in [1.54, 1.807) is 16.9 Å². The van der Waals surface area contributed by atoms with E-state index in [9.17, 15) is 4.39 Å². The number of hydrogen-bond donors (Lipinski definition) is 0. The first-order valence-electron chi connectivity index (χ1n) is 5.38. The van der Waals surface area contributed by atoms with E-state index in [0.29, 0.717) is 11.3 Å². The van der Waals surface area contributed by atoms with Crippen LogP contribution in [0, 0.1) is 12.7 Å². The van der Waals surface area contributed by atoms with Crippen LogP contribution < -0.4 is 0 Å². The normalized spacial score (nSPS) is 11.2. The molecule has 0 radical (unpaired) electrons. The fraction of sp³-hybridized carbons (Fsp3) is 0.333. The first-order chi connectivity index (χ1) is 8.00. The second-order valence-corrected chi connectivity index (χ2v) is 4.66. The van der Waals surface area contributed by atoms with Gasteiger partial charge in [0.25, 0.3) is 0 Å². The molecule has 0 unspecified atom stereocenters. The number of hydrogen-bond acceptors (Lipinski definition) is 2. The SMILES string of the molecule is Cc1cn(-c2ccc(Cl)c(F)c2C(C)C)nn1. The van der Waals surface area contributed by atoms with Crippen molar-refractivity contribution in [1.82, 2.24) is 15.0 Å². The summed E-state index contributed by atoms with van der Waals surface area (Å²) in [6.45, 7) is 5.68. The van der Waals surface area contributed by atoms with Gasteiger partial charge in [-0.25, -0.2) is 9.07 Å². The molecule has 2 rings (SSSR count). The monoisotopic (exact) mass is 253 g/mol. The molecule has 0 N–H and O–H groups in total. The summed E-state index contributed by atoms with van der Waals surface area (Å²) in [5.41, 5.74) is 2.03. The van der Waals surface area contributed by atoms with E-state index in [4.69, 9.17) is 11.6 Å². The fourth-order valence-electron chi connectivity index (χ4n) is 1.77. The summed E-state index contributed by atoms with van der Waals surface area (Å²) in [4.78, 5) is 0. The van der Waals surface area contributed by atoms with Crippen LogP contribution in [0.2, 0.25) is 5.02 Å². The van der Waals surface area contributed by atoms with Crippen LogP contribution in [-0.2, 0) is 0 Å². The molecule has 0 saturated carbocycles. The summed E-state index contributed by atoms with van der Waals surface area (Å²) in [6, 6.07) is 3.30. The Morgan fingerprint density at radius 2 is 2.06 bits per heavy atom. The zero-order valence-electron chi connectivity index (χ0n) is 9.91. The second kappa shape index (κ2) is 4.45. The third kappa shape index (κ3) is 2.17. The van der Waals surface area contributed by atoms with Crippen LogP contribution in [0.4, 0.5) is 4.39 Å². The van der Waals surface area contributed by atoms with Gasteiger partial charge in [0, 0.05) is 5.56 Å². The van der Waals surface area contributed by atoms with Gasteiger partial charge in [-0.05, 0) is 25.0 Å². The quantitative estimate of drug-likeness (QED) is 0.820. The standard InChI is InChI=1S/C12H13ClFN3/c1-7(2)11-10(5-4-9(13)12(11)14)17-6-8(3)15-16-17/h4-7H,1-3H3. The molecule has 0 fully saturated rings. The van der Waals surface area contributed by atoms with Gasteiger partial charge in [-0.2, -0.15) is 0 Å². The van der Waals surface area contributed by atoms with Gasteiger partial charge in [0.15, 0.2) is 0 Å². The van der Waals surface area contributed by atoms with Gasteiger partial charge in [-0.1, -0.05) is 30.7 Å². The Labute approximate surface area is 104 Å². The number of aromatic nitrogens is 3. The first kappa shape index (κ1) is 12.0. The maximum Gasteiger partial charge on any atom is 0.147 e. The predicted octanol–water partition coefficient (Wildman–Crippen LogP) is 3.49. The lowest BCUT2D eigenvalue weighted by Crippen LogP contribution is -2.05. The molecule has 0 spiro atoms. The van der Waals surface area contributed by atoms with Gasteiger partial charge in [0.2, 0.25) is 0 Å². The lowest BCUT2D eigenvalue weighted by atomic mass is 10.0. The summed E-state index contributed by atoms with van der Waals surface area (Å²) in [6.07, 6.45) is 1.76. The van der Waals surface area contributed by atoms with Crippen molar-refractivity contribution in [2.24, 2.45) is 0 Å². The highest BCUT2D eigenvalue weighted by Gasteiger charge is 2.17. The number of nitrogens with zero attached hydrogens (tertiary/aromatic N) is 3. The largest absolute Gasteiger partial charge is 0.220 e. The summed E-state index contributed by atoms with van der Waals surface area (Å²) >= 11 is 5.80. The number of aryl methyl sites for hydroxylation is 1. The second-order valence-electron chi connectivity index (χ2n) is 4.25. The number of rotatable bonds is 2. The topological polar surface area (TPSA) is 30.7 Å². The van der Waals surface area contributed by atoms with Crippen LogP contribution >= 0.6 is 11.6 Å². The third-order valence-corrected chi connectivity index (χ3v) is 2.83. The highest BCUT2D eigenvalue weighted by Crippen LogP contribution is 2.30. The van der Waals surface area contributed by atoms with Crippen LogP contribution in [0.5, 0.6) is 0 Å². The van der Waals surface area contributed by atoms with Gasteiger partial charge in [0.1, 0.15) is 5.82 Å². The molecule has 0 saturated heterocycles. The molecule has 1 heterocycles. The van der Waals surface area contributed by atoms with Crippen molar-refractivity contribution >= 4 is 11.6 Å². The smallest absolute Gasteiger partial charge is 0.147 e. The lowest BCUT2D eigenvalue weighted by molar-refractivity contribution is 0.593. The van der Waals surface area contributed by atoms with Crippen molar-refractivity contribution < 1.29 is 4.39 Å². The molecule has 0 aliphatic rings. The molecular formula is C12H13ClFN3. The molecule has 0 aliphatic carbocycles. The Bertz CT molecular complexity index is 549. The van der Waals surface area contributed by atoms with E-state index in [-0.39, 0.29) is 16.8 Å². The van der Waals surface area contributed by atoms with Crippen LogP contribution in [-0.4, -0.2) is 15.0 Å². The maximum atomic E-state index is 14.0. The molecule has 17 heavy (non-hydrogen) atoms. The summed E-state index contributed by atoms with van der Waals surface area (Å²) < 4.78 is 15.6. The average Bonchev–Trinajstić information content (AvgIpc) is 2.68. The molecule has 5 heteroatoms. The van der Waals surface area contributed by atoms with Crippen LogP contribution in [0.15, 0.2) is 18.3 Å². The fourth-order valence-corrected chi connectivity index (χ4v) is 1.93. The zero-order chi connectivity index (χ0) is 12.6. The van der Waals surface area contributed by atoms with Crippen molar-refractivity contribution in [3.05, 3.63) is 40.4 Å². The highest BCUT2D eigenvalue weighted by molar-refractivity contribution is 6.30. The average molecular weight is 254 g/mol. The van der Waals surface area contributed by atoms with Gasteiger partial charge in [0.05, 0.1) is 22.6 Å². The lowest BCUT2D eigenvalue weighted by Gasteiger charge is -2.14. The van der Waals surface area contributed by atoms with E-state index in [0.717, 1.165) is 5.69 Å². The molecule has 0 amide bonds. The van der Waals surface area contributed by atoms with Crippen molar-refractivity contribution in [2.75, 3.05) is 0 Å². The minimum Gasteiger partial charge on any atom is -0.220 e. The van der Waals surface area contributed by atoms with E-state index >= 15 is 0 Å². The highest BCUT2D eigenvalue weighted by atomic mass is 35.5. The minimum atomic E-state index is -0.382. The first-order valence-corrected chi connectivity index (χ1v) is 5.75. The molecule has 90 valence electrons. The van der Waals surface area contributed by atoms with Gasteiger partial charge in [-0.15, -0.1) is 5.10 Å². The van der Waals surface area contributed by atoms with Crippen molar-refractivity contribution in [3.63, 3.8) is 0 Å². The molecule has 3 nitrogen and oxygen atoms in total. The Morgan fingerprint density at radius 1 is 1.35 bits per heavy atom. The van der Waals surface area contributed by atoms with Gasteiger partial charge in [-0.3, -0.25) is 0 Å². The number of benzene rings is 1. The van der Waals surface area contributed by atoms with E-state index in [1.807, 2.05) is 20.8 Å². The Kier molecular flexibility index (Phi) is 3.15. The Morgan fingerprint density at radius 3 is 2.59 bits per heavy atom. The van der Waals surface area contributed by atoms with Crippen LogP contribution in [0.3, 0.4) is 0 Å². The third-order valence-electron chi connectivity index (χ3n) is 2.54. The summed E-state index contributed by atoms with van der Waals surface area (Å²) in [5.74, 6) is -0.361. The van der Waals surface area contributed by atoms with Crippen LogP contribution in [0.25, 0.3) is 5.69 Å². The van der Waals surface area contributed by atoms with E-state index in [1.165, 1.54) is 6.07 Å². The molecule has 2 aromatic rings. The minimum absolute atomic E-state index is 0.0215.